The molecule has 1 aliphatic heterocycles. The number of rotatable bonds is 9. The number of nitriles is 1. The highest BCUT2D eigenvalue weighted by Gasteiger charge is 2.27. The molecular formula is C33H33N9O2. The number of nitrogens with zero attached hydrogens (tertiary/aromatic N) is 8. The van der Waals surface area contributed by atoms with Crippen LogP contribution in [0.4, 0.5) is 17.5 Å². The molecule has 1 N–H and O–H groups in total. The Kier molecular flexibility index (Phi) is 8.32. The van der Waals surface area contributed by atoms with Crippen LogP contribution in [-0.4, -0.2) is 61.6 Å². The van der Waals surface area contributed by atoms with Gasteiger partial charge in [-0.05, 0) is 54.8 Å². The van der Waals surface area contributed by atoms with E-state index in [0.717, 1.165) is 24.1 Å². The van der Waals surface area contributed by atoms with Crippen LogP contribution in [0.15, 0.2) is 73.1 Å². The predicted molar refractivity (Wildman–Crippen MR) is 168 cm³/mol. The van der Waals surface area contributed by atoms with Crippen molar-refractivity contribution in [1.29, 1.82) is 5.26 Å². The molecule has 44 heavy (non-hydrogen) atoms. The van der Waals surface area contributed by atoms with Gasteiger partial charge in [-0.25, -0.2) is 0 Å². The fourth-order valence-corrected chi connectivity index (χ4v) is 5.26. The third-order valence-corrected chi connectivity index (χ3v) is 7.61. The van der Waals surface area contributed by atoms with Crippen molar-refractivity contribution in [3.63, 3.8) is 0 Å². The van der Waals surface area contributed by atoms with Crippen LogP contribution in [0.3, 0.4) is 0 Å². The van der Waals surface area contributed by atoms with Gasteiger partial charge in [0.1, 0.15) is 23.1 Å². The Balaban J connectivity index is 1.33. The lowest BCUT2D eigenvalue weighted by Crippen LogP contribution is -2.49. The average Bonchev–Trinajstić information content (AvgIpc) is 3.47. The first kappa shape index (κ1) is 28.6. The molecule has 1 amide bonds. The number of piperazine rings is 1. The van der Waals surface area contributed by atoms with Gasteiger partial charge in [0.15, 0.2) is 5.82 Å². The van der Waals surface area contributed by atoms with E-state index >= 15 is 0 Å². The van der Waals surface area contributed by atoms with E-state index in [-0.39, 0.29) is 5.91 Å². The largest absolute Gasteiger partial charge is 0.457 e. The zero-order chi connectivity index (χ0) is 30.5. The van der Waals surface area contributed by atoms with Crippen LogP contribution in [0.25, 0.3) is 17.0 Å². The van der Waals surface area contributed by atoms with Gasteiger partial charge in [0, 0.05) is 56.2 Å². The monoisotopic (exact) mass is 587 g/mol. The van der Waals surface area contributed by atoms with Crippen molar-refractivity contribution in [2.75, 3.05) is 36.4 Å². The number of fused-ring (bicyclic) bond motifs is 1. The fourth-order valence-electron chi connectivity index (χ4n) is 5.26. The molecule has 2 aromatic carbocycles. The number of pyridine rings is 1. The third-order valence-electron chi connectivity index (χ3n) is 7.61. The summed E-state index contributed by atoms with van der Waals surface area (Å²) in [5.74, 6) is 2.82. The number of amides is 1. The van der Waals surface area contributed by atoms with E-state index in [4.69, 9.17) is 19.8 Å². The van der Waals surface area contributed by atoms with Crippen LogP contribution in [0.5, 0.6) is 11.5 Å². The van der Waals surface area contributed by atoms with Crippen molar-refractivity contribution in [2.24, 2.45) is 0 Å². The van der Waals surface area contributed by atoms with Gasteiger partial charge in [-0.3, -0.25) is 9.78 Å². The minimum absolute atomic E-state index is 0.165. The molecule has 3 aromatic heterocycles. The van der Waals surface area contributed by atoms with Crippen molar-refractivity contribution in [1.82, 2.24) is 29.5 Å². The Hall–Kier alpha value is -5.50. The van der Waals surface area contributed by atoms with Crippen LogP contribution in [0.2, 0.25) is 0 Å². The first-order valence-electron chi connectivity index (χ1n) is 14.8. The lowest BCUT2D eigenvalue weighted by molar-refractivity contribution is -0.131. The van der Waals surface area contributed by atoms with E-state index in [0.29, 0.717) is 72.9 Å². The van der Waals surface area contributed by atoms with Crippen LogP contribution in [0.1, 0.15) is 37.8 Å². The number of aromatic nitrogens is 5. The molecule has 1 aliphatic rings. The second-order valence-corrected chi connectivity index (χ2v) is 10.5. The number of ether oxygens (including phenoxy) is 1. The van der Waals surface area contributed by atoms with Crippen molar-refractivity contribution in [3.8, 4) is 28.8 Å². The molecule has 0 aliphatic carbocycles. The number of hydrogen-bond donors (Lipinski definition) is 1. The van der Waals surface area contributed by atoms with Crippen molar-refractivity contribution in [2.45, 2.75) is 33.1 Å². The van der Waals surface area contributed by atoms with Gasteiger partial charge in [0.2, 0.25) is 11.9 Å². The van der Waals surface area contributed by atoms with Crippen LogP contribution < -0.4 is 15.0 Å². The van der Waals surface area contributed by atoms with Gasteiger partial charge in [-0.1, -0.05) is 38.1 Å². The van der Waals surface area contributed by atoms with Gasteiger partial charge in [0.25, 0.3) is 5.78 Å². The summed E-state index contributed by atoms with van der Waals surface area (Å²) >= 11 is 0. The van der Waals surface area contributed by atoms with Crippen molar-refractivity contribution in [3.05, 3.63) is 84.2 Å². The molecule has 4 heterocycles. The number of carbonyl (C=O) groups excluding carboxylic acids is 1. The summed E-state index contributed by atoms with van der Waals surface area (Å²) in [6.45, 7) is 6.44. The molecule has 0 unspecified atom stereocenters. The Labute approximate surface area is 255 Å². The fraction of sp³-hybridized carbons (Fsp3) is 0.273. The van der Waals surface area contributed by atoms with E-state index in [9.17, 15) is 10.1 Å². The molecule has 0 saturated carbocycles. The normalized spacial score (nSPS) is 13.1. The quantitative estimate of drug-likeness (QED) is 0.234. The molecule has 1 saturated heterocycles. The second-order valence-electron chi connectivity index (χ2n) is 10.5. The first-order chi connectivity index (χ1) is 21.6. The summed E-state index contributed by atoms with van der Waals surface area (Å²) in [7, 11) is 0. The van der Waals surface area contributed by atoms with E-state index in [2.05, 4.69) is 40.3 Å². The Morgan fingerprint density at radius 2 is 1.64 bits per heavy atom. The zero-order valence-electron chi connectivity index (χ0n) is 24.8. The Morgan fingerprint density at radius 1 is 0.932 bits per heavy atom. The summed E-state index contributed by atoms with van der Waals surface area (Å²) in [5.41, 5.74) is 3.86. The van der Waals surface area contributed by atoms with Crippen LogP contribution in [-0.2, 0) is 11.2 Å². The number of anilines is 3. The zero-order valence-corrected chi connectivity index (χ0v) is 24.8. The van der Waals surface area contributed by atoms with E-state index in [1.165, 1.54) is 5.56 Å². The highest BCUT2D eigenvalue weighted by atomic mass is 16.5. The third kappa shape index (κ3) is 6.01. The summed E-state index contributed by atoms with van der Waals surface area (Å²) in [6.07, 6.45) is 5.63. The molecule has 0 bridgehead atoms. The molecule has 0 radical (unpaired) electrons. The van der Waals surface area contributed by atoms with E-state index in [1.54, 1.807) is 29.0 Å². The summed E-state index contributed by atoms with van der Waals surface area (Å²) < 4.78 is 7.50. The lowest BCUT2D eigenvalue weighted by Gasteiger charge is -2.36. The summed E-state index contributed by atoms with van der Waals surface area (Å²) in [4.78, 5) is 30.0. The van der Waals surface area contributed by atoms with Crippen molar-refractivity contribution < 1.29 is 9.53 Å². The molecular weight excluding hydrogens is 554 g/mol. The molecule has 0 atom stereocenters. The first-order valence-corrected chi connectivity index (χ1v) is 14.8. The predicted octanol–water partition coefficient (Wildman–Crippen LogP) is 5.60. The van der Waals surface area contributed by atoms with Gasteiger partial charge in [-0.15, -0.1) is 5.10 Å². The average molecular weight is 588 g/mol. The highest BCUT2D eigenvalue weighted by Crippen LogP contribution is 2.32. The molecule has 222 valence electrons. The standard InChI is InChI=1S/C33H33N9O2/c1-3-5-29(43)40-18-20-41(21-19-40)31-28(22-34)30(24-8-6-23(4-2)7-9-24)42-33(37-31)38-32(39-42)36-25-10-12-26(13-11-25)44-27-14-16-35-17-15-27/h6-17H,3-5,18-21H2,1-2H3,(H,36,39). The van der Waals surface area contributed by atoms with Gasteiger partial charge < -0.3 is 19.9 Å². The highest BCUT2D eigenvalue weighted by molar-refractivity contribution is 5.78. The molecule has 11 nitrogen and oxygen atoms in total. The second kappa shape index (κ2) is 12.8. The van der Waals surface area contributed by atoms with E-state index in [1.807, 2.05) is 48.2 Å². The minimum Gasteiger partial charge on any atom is -0.457 e. The lowest BCUT2D eigenvalue weighted by atomic mass is 10.0. The Morgan fingerprint density at radius 3 is 2.30 bits per heavy atom. The smallest absolute Gasteiger partial charge is 0.256 e. The maximum atomic E-state index is 12.5. The van der Waals surface area contributed by atoms with Crippen LogP contribution in [0, 0.1) is 11.3 Å². The number of carbonyl (C=O) groups is 1. The molecule has 5 aromatic rings. The van der Waals surface area contributed by atoms with Crippen molar-refractivity contribution >= 4 is 29.1 Å². The maximum absolute atomic E-state index is 12.5. The number of nitrogens with one attached hydrogen (secondary N) is 1. The van der Waals surface area contributed by atoms with Gasteiger partial charge in [-0.2, -0.15) is 19.7 Å². The molecule has 6 rings (SSSR count). The van der Waals surface area contributed by atoms with Gasteiger partial charge in [0.05, 0.1) is 5.69 Å². The summed E-state index contributed by atoms with van der Waals surface area (Å²) in [5, 5.41) is 18.5. The SMILES string of the molecule is CCCC(=O)N1CCN(c2nc3nc(Nc4ccc(Oc5ccncc5)cc4)nn3c(-c3ccc(CC)cc3)c2C#N)CC1. The molecule has 1 fully saturated rings. The summed E-state index contributed by atoms with van der Waals surface area (Å²) in [6, 6.07) is 21.6. The number of aryl methyl sites for hydroxylation is 1. The molecule has 11 heteroatoms. The maximum Gasteiger partial charge on any atom is 0.256 e. The number of benzene rings is 2. The Bertz CT molecular complexity index is 1790. The molecule has 0 spiro atoms. The minimum atomic E-state index is 0.165. The van der Waals surface area contributed by atoms with E-state index < -0.39 is 0 Å². The topological polar surface area (TPSA) is 125 Å². The number of hydrogen-bond acceptors (Lipinski definition) is 9. The van der Waals surface area contributed by atoms with Crippen LogP contribution >= 0.6 is 0 Å². The van der Waals surface area contributed by atoms with Gasteiger partial charge >= 0.3 is 0 Å².